The largest absolute Gasteiger partial charge is 0.392 e. The zero-order valence-electron chi connectivity index (χ0n) is 22.2. The zero-order chi connectivity index (χ0) is 28.0. The van der Waals surface area contributed by atoms with E-state index in [4.69, 9.17) is 9.47 Å². The van der Waals surface area contributed by atoms with Crippen molar-refractivity contribution in [2.45, 2.75) is 36.4 Å². The van der Waals surface area contributed by atoms with Gasteiger partial charge in [-0.25, -0.2) is 4.98 Å². The van der Waals surface area contributed by atoms with Gasteiger partial charge in [-0.2, -0.15) is 0 Å². The van der Waals surface area contributed by atoms with Crippen molar-refractivity contribution in [2.75, 3.05) is 11.1 Å². The number of benzene rings is 4. The third-order valence-corrected chi connectivity index (χ3v) is 8.04. The summed E-state index contributed by atoms with van der Waals surface area (Å²) in [6.07, 6.45) is 1.31. The van der Waals surface area contributed by atoms with E-state index in [9.17, 15) is 9.90 Å². The van der Waals surface area contributed by atoms with Gasteiger partial charge in [-0.15, -0.1) is 11.8 Å². The summed E-state index contributed by atoms with van der Waals surface area (Å²) in [4.78, 5) is 23.0. The van der Waals surface area contributed by atoms with Crippen molar-refractivity contribution < 1.29 is 19.4 Å². The highest BCUT2D eigenvalue weighted by Gasteiger charge is 2.32. The molecular weight excluding hydrogens is 534 g/mol. The molecule has 0 saturated carbocycles. The van der Waals surface area contributed by atoms with Crippen molar-refractivity contribution in [1.82, 2.24) is 9.97 Å². The smallest absolute Gasteiger partial charge is 0.275 e. The molecule has 1 aliphatic heterocycles. The lowest BCUT2D eigenvalue weighted by molar-refractivity contribution is -0.245. The van der Waals surface area contributed by atoms with Gasteiger partial charge < -0.3 is 19.9 Å². The molecule has 6 rings (SSSR count). The van der Waals surface area contributed by atoms with Crippen LogP contribution < -0.4 is 5.32 Å². The highest BCUT2D eigenvalue weighted by atomic mass is 32.2. The zero-order valence-corrected chi connectivity index (χ0v) is 23.0. The van der Waals surface area contributed by atoms with Gasteiger partial charge in [0, 0.05) is 28.3 Å². The van der Waals surface area contributed by atoms with Crippen molar-refractivity contribution >= 4 is 34.4 Å². The fraction of sp³-hybridized carbons (Fsp3) is 0.182. The maximum Gasteiger partial charge on any atom is 0.275 e. The van der Waals surface area contributed by atoms with E-state index in [1.165, 1.54) is 11.1 Å². The Kier molecular flexibility index (Phi) is 8.34. The number of aromatic nitrogens is 2. The van der Waals surface area contributed by atoms with Gasteiger partial charge in [0.15, 0.2) is 6.29 Å². The molecule has 8 heteroatoms. The molecule has 3 unspecified atom stereocenters. The van der Waals surface area contributed by atoms with Crippen LogP contribution in [0.5, 0.6) is 0 Å². The quantitative estimate of drug-likeness (QED) is 0.203. The molecule has 41 heavy (non-hydrogen) atoms. The molecule has 7 nitrogen and oxygen atoms in total. The Labute approximate surface area is 242 Å². The van der Waals surface area contributed by atoms with Crippen LogP contribution in [-0.4, -0.2) is 32.8 Å². The van der Waals surface area contributed by atoms with Crippen molar-refractivity contribution in [3.8, 4) is 0 Å². The molecule has 4 aromatic carbocycles. The van der Waals surface area contributed by atoms with E-state index in [2.05, 4.69) is 27.4 Å². The van der Waals surface area contributed by atoms with E-state index >= 15 is 0 Å². The molecular formula is C33H29N3O4S. The first kappa shape index (κ1) is 27.1. The second kappa shape index (κ2) is 12.6. The summed E-state index contributed by atoms with van der Waals surface area (Å²) < 4.78 is 12.9. The number of aliphatic hydroxyl groups is 1. The molecule has 1 fully saturated rings. The van der Waals surface area contributed by atoms with Crippen LogP contribution in [0.25, 0.3) is 11.0 Å². The van der Waals surface area contributed by atoms with Crippen LogP contribution in [0.1, 0.15) is 46.0 Å². The van der Waals surface area contributed by atoms with Crippen LogP contribution >= 0.6 is 11.8 Å². The number of carbonyl (C=O) groups is 1. The fourth-order valence-electron chi connectivity index (χ4n) is 4.75. The number of thioether (sulfide) groups is 1. The van der Waals surface area contributed by atoms with Gasteiger partial charge in [0.2, 0.25) is 0 Å². The van der Waals surface area contributed by atoms with E-state index < -0.39 is 6.29 Å². The lowest BCUT2D eigenvalue weighted by Crippen LogP contribution is -2.31. The minimum absolute atomic E-state index is 0.00280. The number of ether oxygens (including phenoxy) is 2. The molecule has 0 aliphatic carbocycles. The van der Waals surface area contributed by atoms with Crippen LogP contribution in [0.4, 0.5) is 5.69 Å². The Morgan fingerprint density at radius 2 is 1.66 bits per heavy atom. The predicted molar refractivity (Wildman–Crippen MR) is 160 cm³/mol. The number of aliphatic hydroxyl groups excluding tert-OH is 1. The summed E-state index contributed by atoms with van der Waals surface area (Å²) >= 11 is 1.75. The summed E-state index contributed by atoms with van der Waals surface area (Å²) in [5, 5.41) is 12.4. The van der Waals surface area contributed by atoms with Gasteiger partial charge >= 0.3 is 0 Å². The molecule has 1 saturated heterocycles. The first-order valence-electron chi connectivity index (χ1n) is 13.5. The number of anilines is 1. The first-order valence-corrected chi connectivity index (χ1v) is 14.4. The van der Waals surface area contributed by atoms with Crippen molar-refractivity contribution in [3.05, 3.63) is 132 Å². The molecule has 3 atom stereocenters. The van der Waals surface area contributed by atoms with Crippen LogP contribution in [0.2, 0.25) is 0 Å². The minimum atomic E-state index is -0.620. The Morgan fingerprint density at radius 1 is 0.878 bits per heavy atom. The molecule has 5 aromatic rings. The van der Waals surface area contributed by atoms with Gasteiger partial charge in [-0.3, -0.25) is 9.78 Å². The molecule has 2 N–H and O–H groups in total. The fourth-order valence-corrected chi connectivity index (χ4v) is 5.70. The molecule has 1 aliphatic rings. The third kappa shape index (κ3) is 6.64. The standard InChI is InChI=1S/C33H29N3O4S/c37-20-22-13-15-23(16-14-22)31-18-26(21-41-27-9-2-1-3-10-27)39-33(40-31)24-7-6-8-25(17-24)35-32(38)30-19-34-28-11-4-5-12-29(28)36-30/h1-17,19,26,31,33,37H,18,20-21H2,(H,35,38). The number of fused-ring (bicyclic) bond motifs is 1. The molecule has 206 valence electrons. The van der Waals surface area contributed by atoms with Crippen LogP contribution in [0.3, 0.4) is 0 Å². The Balaban J connectivity index is 1.21. The normalized spacial score (nSPS) is 18.7. The van der Waals surface area contributed by atoms with Gasteiger partial charge in [-0.1, -0.05) is 66.7 Å². The average molecular weight is 564 g/mol. The summed E-state index contributed by atoms with van der Waals surface area (Å²) in [6, 6.07) is 33.1. The number of amides is 1. The van der Waals surface area contributed by atoms with E-state index in [1.807, 2.05) is 91.0 Å². The maximum absolute atomic E-state index is 13.0. The lowest BCUT2D eigenvalue weighted by Gasteiger charge is -2.36. The van der Waals surface area contributed by atoms with Crippen LogP contribution in [-0.2, 0) is 16.1 Å². The maximum atomic E-state index is 13.0. The summed E-state index contributed by atoms with van der Waals surface area (Å²) in [5.74, 6) is 0.427. The number of nitrogens with zero attached hydrogens (tertiary/aromatic N) is 2. The Bertz CT molecular complexity index is 1630. The van der Waals surface area contributed by atoms with E-state index in [1.54, 1.807) is 11.8 Å². The van der Waals surface area contributed by atoms with E-state index in [0.29, 0.717) is 17.6 Å². The van der Waals surface area contributed by atoms with Crippen molar-refractivity contribution in [1.29, 1.82) is 0 Å². The van der Waals surface area contributed by atoms with Gasteiger partial charge in [0.05, 0.1) is 36.0 Å². The minimum Gasteiger partial charge on any atom is -0.392 e. The number of carbonyl (C=O) groups excluding carboxylic acids is 1. The second-order valence-electron chi connectivity index (χ2n) is 9.80. The van der Waals surface area contributed by atoms with Gasteiger partial charge in [0.1, 0.15) is 5.69 Å². The lowest BCUT2D eigenvalue weighted by atomic mass is 10.0. The van der Waals surface area contributed by atoms with E-state index in [-0.39, 0.29) is 30.4 Å². The highest BCUT2D eigenvalue weighted by Crippen LogP contribution is 2.40. The number of rotatable bonds is 8. The topological polar surface area (TPSA) is 93.6 Å². The third-order valence-electron chi connectivity index (χ3n) is 6.89. The van der Waals surface area contributed by atoms with Crippen LogP contribution in [0.15, 0.2) is 114 Å². The SMILES string of the molecule is O=C(Nc1cccc(C2OC(CSc3ccccc3)CC(c3ccc(CO)cc3)O2)c1)c1cnc2ccccc2n1. The first-order chi connectivity index (χ1) is 20.1. The monoisotopic (exact) mass is 563 g/mol. The Hall–Kier alpha value is -4.08. The van der Waals surface area contributed by atoms with Crippen LogP contribution in [0, 0.1) is 0 Å². The second-order valence-corrected chi connectivity index (χ2v) is 10.9. The van der Waals surface area contributed by atoms with E-state index in [0.717, 1.165) is 28.0 Å². The molecule has 0 spiro atoms. The van der Waals surface area contributed by atoms with Gasteiger partial charge in [-0.05, 0) is 47.5 Å². The van der Waals surface area contributed by atoms with Crippen molar-refractivity contribution in [3.63, 3.8) is 0 Å². The number of nitrogens with one attached hydrogen (secondary N) is 1. The van der Waals surface area contributed by atoms with Gasteiger partial charge in [0.25, 0.3) is 5.91 Å². The molecule has 1 amide bonds. The molecule has 0 bridgehead atoms. The summed E-state index contributed by atoms with van der Waals surface area (Å²) in [6.45, 7) is -0.00280. The number of hydrogen-bond donors (Lipinski definition) is 2. The van der Waals surface area contributed by atoms with Crippen molar-refractivity contribution in [2.24, 2.45) is 0 Å². The molecule has 1 aromatic heterocycles. The molecule has 2 heterocycles. The predicted octanol–water partition coefficient (Wildman–Crippen LogP) is 6.71. The Morgan fingerprint density at radius 3 is 2.46 bits per heavy atom. The average Bonchev–Trinajstić information content (AvgIpc) is 3.04. The summed E-state index contributed by atoms with van der Waals surface area (Å²) in [5.41, 5.74) is 4.94. The number of para-hydroxylation sites is 2. The summed E-state index contributed by atoms with van der Waals surface area (Å²) in [7, 11) is 0. The number of hydrogen-bond acceptors (Lipinski definition) is 7. The highest BCUT2D eigenvalue weighted by molar-refractivity contribution is 7.99. The molecule has 0 radical (unpaired) electrons.